The lowest BCUT2D eigenvalue weighted by Crippen LogP contribution is -2.24. The number of carboxylic acid groups (broad SMARTS) is 1. The number of benzene rings is 1. The summed E-state index contributed by atoms with van der Waals surface area (Å²) in [4.78, 5) is 24.2. The minimum absolute atomic E-state index is 0.174. The third-order valence-corrected chi connectivity index (χ3v) is 4.44. The highest BCUT2D eigenvalue weighted by molar-refractivity contribution is 9.09. The van der Waals surface area contributed by atoms with E-state index in [4.69, 9.17) is 5.11 Å². The fourth-order valence-electron chi connectivity index (χ4n) is 2.42. The van der Waals surface area contributed by atoms with Gasteiger partial charge in [-0.3, -0.25) is 9.59 Å². The normalized spacial score (nSPS) is 18.6. The Morgan fingerprint density at radius 3 is 2.60 bits per heavy atom. The van der Waals surface area contributed by atoms with Gasteiger partial charge >= 0.3 is 5.97 Å². The van der Waals surface area contributed by atoms with Crippen molar-refractivity contribution < 1.29 is 14.7 Å². The van der Waals surface area contributed by atoms with Crippen molar-refractivity contribution in [3.05, 3.63) is 29.8 Å². The molecule has 1 N–H and O–H groups in total. The molecule has 2 rings (SSSR count). The monoisotopic (exact) mass is 339 g/mol. The zero-order valence-electron chi connectivity index (χ0n) is 11.2. The van der Waals surface area contributed by atoms with Crippen LogP contribution in [0.2, 0.25) is 0 Å². The molecule has 108 valence electrons. The van der Waals surface area contributed by atoms with Crippen LogP contribution in [0.4, 0.5) is 5.69 Å². The topological polar surface area (TPSA) is 57.6 Å². The SMILES string of the molecule is O=C(O)CCCc1ccc(N2CC(CBr)CC2=O)cc1. The summed E-state index contributed by atoms with van der Waals surface area (Å²) in [6, 6.07) is 7.85. The highest BCUT2D eigenvalue weighted by Gasteiger charge is 2.29. The molecule has 1 aliphatic rings. The first-order chi connectivity index (χ1) is 9.60. The number of carboxylic acids is 1. The number of carbonyl (C=O) groups excluding carboxylic acids is 1. The maximum absolute atomic E-state index is 11.9. The fourth-order valence-corrected chi connectivity index (χ4v) is 2.85. The van der Waals surface area contributed by atoms with Gasteiger partial charge in [0.2, 0.25) is 5.91 Å². The number of alkyl halides is 1. The van der Waals surface area contributed by atoms with E-state index in [0.717, 1.165) is 29.5 Å². The average Bonchev–Trinajstić information content (AvgIpc) is 2.80. The second kappa shape index (κ2) is 6.88. The van der Waals surface area contributed by atoms with Crippen molar-refractivity contribution in [2.24, 2.45) is 5.92 Å². The molecule has 1 unspecified atom stereocenters. The Morgan fingerprint density at radius 2 is 2.05 bits per heavy atom. The molecule has 0 bridgehead atoms. The minimum Gasteiger partial charge on any atom is -0.481 e. The molecule has 1 fully saturated rings. The molecule has 0 radical (unpaired) electrons. The summed E-state index contributed by atoms with van der Waals surface area (Å²) in [6.45, 7) is 0.766. The van der Waals surface area contributed by atoms with E-state index >= 15 is 0 Å². The summed E-state index contributed by atoms with van der Waals surface area (Å²) in [7, 11) is 0. The van der Waals surface area contributed by atoms with E-state index < -0.39 is 5.97 Å². The molecule has 1 atom stereocenters. The number of nitrogens with zero attached hydrogens (tertiary/aromatic N) is 1. The van der Waals surface area contributed by atoms with Crippen molar-refractivity contribution in [1.29, 1.82) is 0 Å². The van der Waals surface area contributed by atoms with Crippen LogP contribution in [0.1, 0.15) is 24.8 Å². The molecule has 1 aromatic rings. The molecule has 0 saturated carbocycles. The molecule has 20 heavy (non-hydrogen) atoms. The molecule has 1 saturated heterocycles. The van der Waals surface area contributed by atoms with Crippen LogP contribution in [0.3, 0.4) is 0 Å². The highest BCUT2D eigenvalue weighted by Crippen LogP contribution is 2.26. The van der Waals surface area contributed by atoms with Crippen LogP contribution in [0.25, 0.3) is 0 Å². The third-order valence-electron chi connectivity index (χ3n) is 3.53. The van der Waals surface area contributed by atoms with Crippen molar-refractivity contribution >= 4 is 33.5 Å². The van der Waals surface area contributed by atoms with E-state index in [0.29, 0.717) is 18.8 Å². The number of aliphatic carboxylic acids is 1. The molecular weight excluding hydrogens is 322 g/mol. The molecule has 1 aliphatic heterocycles. The Balaban J connectivity index is 1.94. The molecule has 1 heterocycles. The standard InChI is InChI=1S/C15H18BrNO3/c16-9-12-8-14(18)17(10-12)13-6-4-11(5-7-13)2-1-3-15(19)20/h4-7,12H,1-3,8-10H2,(H,19,20). The molecule has 0 aromatic heterocycles. The Labute approximate surface area is 126 Å². The molecule has 5 heteroatoms. The predicted octanol–water partition coefficient (Wildman–Crippen LogP) is 2.84. The lowest BCUT2D eigenvalue weighted by atomic mass is 10.1. The number of aryl methyl sites for hydroxylation is 1. The Kier molecular flexibility index (Phi) is 5.17. The highest BCUT2D eigenvalue weighted by atomic mass is 79.9. The number of hydrogen-bond acceptors (Lipinski definition) is 2. The van der Waals surface area contributed by atoms with Gasteiger partial charge in [-0.1, -0.05) is 28.1 Å². The number of amides is 1. The van der Waals surface area contributed by atoms with Crippen LogP contribution >= 0.6 is 15.9 Å². The Bertz CT molecular complexity index is 486. The lowest BCUT2D eigenvalue weighted by molar-refractivity contribution is -0.137. The van der Waals surface area contributed by atoms with Crippen LogP contribution < -0.4 is 4.90 Å². The van der Waals surface area contributed by atoms with Gasteiger partial charge in [-0.25, -0.2) is 0 Å². The second-order valence-corrected chi connectivity index (χ2v) is 5.79. The van der Waals surface area contributed by atoms with Crippen molar-refractivity contribution in [2.45, 2.75) is 25.7 Å². The average molecular weight is 340 g/mol. The summed E-state index contributed by atoms with van der Waals surface area (Å²) in [5.41, 5.74) is 2.04. The molecule has 4 nitrogen and oxygen atoms in total. The van der Waals surface area contributed by atoms with E-state index in [2.05, 4.69) is 15.9 Å². The summed E-state index contributed by atoms with van der Waals surface area (Å²) < 4.78 is 0. The smallest absolute Gasteiger partial charge is 0.303 e. The van der Waals surface area contributed by atoms with Gasteiger partial charge < -0.3 is 10.0 Å². The first-order valence-corrected chi connectivity index (χ1v) is 7.89. The quantitative estimate of drug-likeness (QED) is 0.810. The Hall–Kier alpha value is -1.36. The number of carbonyl (C=O) groups is 2. The molecule has 0 aliphatic carbocycles. The summed E-state index contributed by atoms with van der Waals surface area (Å²) in [5, 5.41) is 9.46. The molecule has 0 spiro atoms. The fraction of sp³-hybridized carbons (Fsp3) is 0.467. The molecule has 1 aromatic carbocycles. The predicted molar refractivity (Wildman–Crippen MR) is 81.3 cm³/mol. The summed E-state index contributed by atoms with van der Waals surface area (Å²) in [6.07, 6.45) is 2.19. The second-order valence-electron chi connectivity index (χ2n) is 5.14. The van der Waals surface area contributed by atoms with Crippen molar-refractivity contribution in [3.8, 4) is 0 Å². The zero-order valence-corrected chi connectivity index (χ0v) is 12.8. The van der Waals surface area contributed by atoms with E-state index in [1.54, 1.807) is 0 Å². The van der Waals surface area contributed by atoms with Crippen LogP contribution in [-0.4, -0.2) is 28.9 Å². The van der Waals surface area contributed by atoms with Gasteiger partial charge in [0.1, 0.15) is 0 Å². The van der Waals surface area contributed by atoms with E-state index in [1.807, 2.05) is 29.2 Å². The zero-order chi connectivity index (χ0) is 14.5. The lowest BCUT2D eigenvalue weighted by Gasteiger charge is -2.16. The largest absolute Gasteiger partial charge is 0.481 e. The first kappa shape index (κ1) is 15.0. The van der Waals surface area contributed by atoms with Gasteiger partial charge in [0, 0.05) is 30.4 Å². The molecular formula is C15H18BrNO3. The number of anilines is 1. The van der Waals surface area contributed by atoms with Crippen LogP contribution in [0.15, 0.2) is 24.3 Å². The minimum atomic E-state index is -0.759. The van der Waals surface area contributed by atoms with Crippen LogP contribution in [0, 0.1) is 5.92 Å². The summed E-state index contributed by atoms with van der Waals surface area (Å²) >= 11 is 3.43. The number of rotatable bonds is 6. The number of hydrogen-bond donors (Lipinski definition) is 1. The number of halogens is 1. The van der Waals surface area contributed by atoms with Gasteiger partial charge in [0.05, 0.1) is 0 Å². The van der Waals surface area contributed by atoms with Gasteiger partial charge in [-0.05, 0) is 36.5 Å². The van der Waals surface area contributed by atoms with Crippen molar-refractivity contribution in [1.82, 2.24) is 0 Å². The van der Waals surface area contributed by atoms with Gasteiger partial charge in [0.25, 0.3) is 0 Å². The van der Waals surface area contributed by atoms with Gasteiger partial charge in [-0.2, -0.15) is 0 Å². The van der Waals surface area contributed by atoms with E-state index in [1.165, 1.54) is 0 Å². The first-order valence-electron chi connectivity index (χ1n) is 6.77. The van der Waals surface area contributed by atoms with E-state index in [9.17, 15) is 9.59 Å². The van der Waals surface area contributed by atoms with Crippen molar-refractivity contribution in [2.75, 3.05) is 16.8 Å². The van der Waals surface area contributed by atoms with Gasteiger partial charge in [0.15, 0.2) is 0 Å². The van der Waals surface area contributed by atoms with Crippen LogP contribution in [-0.2, 0) is 16.0 Å². The van der Waals surface area contributed by atoms with E-state index in [-0.39, 0.29) is 12.3 Å². The maximum atomic E-state index is 11.9. The summed E-state index contributed by atoms with van der Waals surface area (Å²) in [5.74, 6) is -0.198. The van der Waals surface area contributed by atoms with Gasteiger partial charge in [-0.15, -0.1) is 0 Å². The van der Waals surface area contributed by atoms with Crippen molar-refractivity contribution in [3.63, 3.8) is 0 Å². The maximum Gasteiger partial charge on any atom is 0.303 e. The third kappa shape index (κ3) is 3.82. The van der Waals surface area contributed by atoms with Crippen LogP contribution in [0.5, 0.6) is 0 Å². The molecule has 1 amide bonds. The Morgan fingerprint density at radius 1 is 1.35 bits per heavy atom.